The van der Waals surface area contributed by atoms with Gasteiger partial charge < -0.3 is 10.3 Å². The van der Waals surface area contributed by atoms with Gasteiger partial charge in [0, 0.05) is 34.7 Å². The first-order chi connectivity index (χ1) is 14.0. The largest absolute Gasteiger partial charge is 0.366 e. The number of hydrogen-bond acceptors (Lipinski definition) is 5. The number of fused-ring (bicyclic) bond motifs is 1. The molecule has 3 heterocycles. The molecule has 146 valence electrons. The molecule has 0 saturated heterocycles. The predicted molar refractivity (Wildman–Crippen MR) is 109 cm³/mol. The molecule has 2 atom stereocenters. The van der Waals surface area contributed by atoms with Crippen LogP contribution in [0, 0.1) is 18.6 Å². The average molecular weight is 410 g/mol. The second-order valence-electron chi connectivity index (χ2n) is 7.18. The van der Waals surface area contributed by atoms with Crippen molar-refractivity contribution in [1.29, 1.82) is 0 Å². The lowest BCUT2D eigenvalue weighted by Gasteiger charge is -2.09. The van der Waals surface area contributed by atoms with Gasteiger partial charge in [-0.1, -0.05) is 6.07 Å². The van der Waals surface area contributed by atoms with Crippen LogP contribution in [-0.2, 0) is 0 Å². The Labute approximate surface area is 168 Å². The van der Waals surface area contributed by atoms with Gasteiger partial charge in [0.15, 0.2) is 17.5 Å². The van der Waals surface area contributed by atoms with Gasteiger partial charge in [-0.25, -0.2) is 18.7 Å². The SMILES string of the molecule is Cc1cc2c(N[C@@H]3C[C@H]3c3ccc(F)c(F)c3)nc(-c3ccc(=O)[nH]c3)nc2s1. The van der Waals surface area contributed by atoms with Crippen LogP contribution >= 0.6 is 11.3 Å². The Morgan fingerprint density at radius 1 is 1.14 bits per heavy atom. The molecule has 1 saturated carbocycles. The number of aromatic amines is 1. The van der Waals surface area contributed by atoms with Crippen LogP contribution in [0.5, 0.6) is 0 Å². The van der Waals surface area contributed by atoms with E-state index in [1.165, 1.54) is 18.2 Å². The number of pyridine rings is 1. The Morgan fingerprint density at radius 2 is 2.00 bits per heavy atom. The third kappa shape index (κ3) is 3.40. The summed E-state index contributed by atoms with van der Waals surface area (Å²) in [7, 11) is 0. The molecule has 5 nitrogen and oxygen atoms in total. The first-order valence-corrected chi connectivity index (χ1v) is 9.98. The van der Waals surface area contributed by atoms with Gasteiger partial charge in [0.25, 0.3) is 0 Å². The van der Waals surface area contributed by atoms with Crippen molar-refractivity contribution in [1.82, 2.24) is 15.0 Å². The first-order valence-electron chi connectivity index (χ1n) is 9.17. The molecule has 8 heteroatoms. The summed E-state index contributed by atoms with van der Waals surface area (Å²) in [5.41, 5.74) is 1.30. The number of hydrogen-bond donors (Lipinski definition) is 2. The summed E-state index contributed by atoms with van der Waals surface area (Å²) in [6.07, 6.45) is 2.41. The number of halogens is 2. The molecule has 4 aromatic rings. The van der Waals surface area contributed by atoms with Crippen molar-refractivity contribution >= 4 is 27.4 Å². The zero-order valence-corrected chi connectivity index (χ0v) is 16.2. The Hall–Kier alpha value is -3.13. The van der Waals surface area contributed by atoms with Gasteiger partial charge in [0.1, 0.15) is 10.6 Å². The molecule has 1 aliphatic carbocycles. The molecule has 0 bridgehead atoms. The van der Waals surface area contributed by atoms with Gasteiger partial charge >= 0.3 is 0 Å². The number of aryl methyl sites for hydroxylation is 1. The smallest absolute Gasteiger partial charge is 0.247 e. The molecule has 1 aromatic carbocycles. The molecule has 0 aliphatic heterocycles. The van der Waals surface area contributed by atoms with E-state index < -0.39 is 11.6 Å². The second kappa shape index (κ2) is 6.73. The molecular formula is C21H16F2N4OS. The van der Waals surface area contributed by atoms with Crippen LogP contribution in [0.2, 0.25) is 0 Å². The standard InChI is InChI=1S/C21H16F2N4OS/c1-10-6-14-20(25-17-8-13(17)11-2-4-15(22)16(23)7-11)26-19(27-21(14)29-10)12-3-5-18(28)24-9-12/h2-7,9,13,17H,8H2,1H3,(H,24,28)(H,25,26,27)/t13-,17+/m0/s1. The van der Waals surface area contributed by atoms with Crippen molar-refractivity contribution in [2.45, 2.75) is 25.3 Å². The second-order valence-corrected chi connectivity index (χ2v) is 8.41. The van der Waals surface area contributed by atoms with Crippen molar-refractivity contribution < 1.29 is 8.78 Å². The first kappa shape index (κ1) is 17.9. The molecule has 3 aromatic heterocycles. The number of nitrogens with zero attached hydrogens (tertiary/aromatic N) is 2. The molecule has 1 fully saturated rings. The van der Waals surface area contributed by atoms with E-state index in [1.807, 2.05) is 13.0 Å². The van der Waals surface area contributed by atoms with Crippen LogP contribution in [0.15, 0.2) is 47.4 Å². The minimum atomic E-state index is -0.837. The highest BCUT2D eigenvalue weighted by Gasteiger charge is 2.39. The van der Waals surface area contributed by atoms with Crippen LogP contribution in [0.1, 0.15) is 22.8 Å². The fraction of sp³-hybridized carbons (Fsp3) is 0.190. The number of anilines is 1. The van der Waals surface area contributed by atoms with E-state index in [0.29, 0.717) is 17.2 Å². The van der Waals surface area contributed by atoms with Gasteiger partial charge in [-0.15, -0.1) is 11.3 Å². The molecular weight excluding hydrogens is 394 g/mol. The number of benzene rings is 1. The number of rotatable bonds is 4. The van der Waals surface area contributed by atoms with E-state index in [2.05, 4.69) is 20.3 Å². The van der Waals surface area contributed by atoms with Crippen molar-refractivity contribution in [3.8, 4) is 11.4 Å². The number of aromatic nitrogens is 3. The molecule has 29 heavy (non-hydrogen) atoms. The summed E-state index contributed by atoms with van der Waals surface area (Å²) in [6, 6.07) is 9.30. The van der Waals surface area contributed by atoms with Crippen molar-refractivity contribution in [3.05, 3.63) is 75.0 Å². The van der Waals surface area contributed by atoms with E-state index in [0.717, 1.165) is 27.1 Å². The molecule has 0 amide bonds. The van der Waals surface area contributed by atoms with Crippen LogP contribution < -0.4 is 10.9 Å². The monoisotopic (exact) mass is 410 g/mol. The van der Waals surface area contributed by atoms with Gasteiger partial charge in [0.05, 0.1) is 5.39 Å². The van der Waals surface area contributed by atoms with E-state index in [9.17, 15) is 13.6 Å². The van der Waals surface area contributed by atoms with E-state index in [-0.39, 0.29) is 17.5 Å². The zero-order valence-electron chi connectivity index (χ0n) is 15.4. The van der Waals surface area contributed by atoms with Crippen molar-refractivity contribution in [2.75, 3.05) is 5.32 Å². The highest BCUT2D eigenvalue weighted by molar-refractivity contribution is 7.18. The van der Waals surface area contributed by atoms with Crippen molar-refractivity contribution in [2.24, 2.45) is 0 Å². The molecule has 0 spiro atoms. The average Bonchev–Trinajstić information content (AvgIpc) is 3.35. The summed E-state index contributed by atoms with van der Waals surface area (Å²) in [5.74, 6) is -0.341. The number of thiophene rings is 1. The number of nitrogens with one attached hydrogen (secondary N) is 2. The summed E-state index contributed by atoms with van der Waals surface area (Å²) >= 11 is 1.57. The van der Waals surface area contributed by atoms with Crippen LogP contribution in [-0.4, -0.2) is 21.0 Å². The summed E-state index contributed by atoms with van der Waals surface area (Å²) in [6.45, 7) is 2.01. The molecule has 1 aliphatic rings. The molecule has 2 N–H and O–H groups in total. The van der Waals surface area contributed by atoms with E-state index in [1.54, 1.807) is 29.7 Å². The Balaban J connectivity index is 1.48. The highest BCUT2D eigenvalue weighted by atomic mass is 32.1. The predicted octanol–water partition coefficient (Wildman–Crippen LogP) is 4.60. The summed E-state index contributed by atoms with van der Waals surface area (Å²) < 4.78 is 26.8. The Kier molecular flexibility index (Phi) is 4.16. The summed E-state index contributed by atoms with van der Waals surface area (Å²) in [5, 5.41) is 4.37. The maximum atomic E-state index is 13.6. The van der Waals surface area contributed by atoms with Gasteiger partial charge in [-0.05, 0) is 43.2 Å². The Bertz CT molecular complexity index is 1280. The molecule has 0 unspecified atom stereocenters. The third-order valence-corrected chi connectivity index (χ3v) is 5.99. The van der Waals surface area contributed by atoms with Crippen LogP contribution in [0.4, 0.5) is 14.6 Å². The topological polar surface area (TPSA) is 70.7 Å². The maximum Gasteiger partial charge on any atom is 0.247 e. The van der Waals surface area contributed by atoms with E-state index >= 15 is 0 Å². The lowest BCUT2D eigenvalue weighted by Crippen LogP contribution is -2.08. The molecule has 0 radical (unpaired) electrons. The summed E-state index contributed by atoms with van der Waals surface area (Å²) in [4.78, 5) is 25.3. The van der Waals surface area contributed by atoms with E-state index in [4.69, 9.17) is 0 Å². The fourth-order valence-corrected chi connectivity index (χ4v) is 4.35. The fourth-order valence-electron chi connectivity index (χ4n) is 3.47. The normalized spacial score (nSPS) is 18.2. The quantitative estimate of drug-likeness (QED) is 0.516. The van der Waals surface area contributed by atoms with Gasteiger partial charge in [0.2, 0.25) is 5.56 Å². The zero-order chi connectivity index (χ0) is 20.1. The van der Waals surface area contributed by atoms with Crippen molar-refractivity contribution in [3.63, 3.8) is 0 Å². The van der Waals surface area contributed by atoms with Gasteiger partial charge in [-0.2, -0.15) is 0 Å². The van der Waals surface area contributed by atoms with Gasteiger partial charge in [-0.3, -0.25) is 4.79 Å². The minimum Gasteiger partial charge on any atom is -0.366 e. The maximum absolute atomic E-state index is 13.6. The minimum absolute atomic E-state index is 0.0848. The molecule has 5 rings (SSSR count). The highest BCUT2D eigenvalue weighted by Crippen LogP contribution is 2.44. The third-order valence-electron chi connectivity index (χ3n) is 5.04. The van der Waals surface area contributed by atoms with Crippen LogP contribution in [0.3, 0.4) is 0 Å². The van der Waals surface area contributed by atoms with Crippen LogP contribution in [0.25, 0.3) is 21.6 Å². The Morgan fingerprint density at radius 3 is 2.76 bits per heavy atom. The lowest BCUT2D eigenvalue weighted by molar-refractivity contribution is 0.507. The lowest BCUT2D eigenvalue weighted by atomic mass is 10.1. The number of H-pyrrole nitrogens is 1.